The highest BCUT2D eigenvalue weighted by molar-refractivity contribution is 5.15. The number of hydrogen-bond acceptors (Lipinski definition) is 1. The zero-order valence-electron chi connectivity index (χ0n) is 10.2. The van der Waals surface area contributed by atoms with Crippen LogP contribution in [0.15, 0.2) is 30.3 Å². The van der Waals surface area contributed by atoms with E-state index in [0.29, 0.717) is 25.8 Å². The molecule has 2 unspecified atom stereocenters. The fourth-order valence-corrected chi connectivity index (χ4v) is 2.61. The first kappa shape index (κ1) is 13.4. The highest BCUT2D eigenvalue weighted by Crippen LogP contribution is 2.35. The Bertz CT molecular complexity index is 361. The molecule has 1 aromatic rings. The summed E-state index contributed by atoms with van der Waals surface area (Å²) >= 11 is 0. The van der Waals surface area contributed by atoms with Gasteiger partial charge in [-0.1, -0.05) is 30.3 Å². The van der Waals surface area contributed by atoms with Crippen molar-refractivity contribution in [1.29, 1.82) is 0 Å². The van der Waals surface area contributed by atoms with Crippen molar-refractivity contribution in [2.75, 3.05) is 6.54 Å². The standard InChI is InChI=1S/C14H18F3N/c15-14(16,17)12-7-4-10-18-13(12)9-8-11-5-2-1-3-6-11/h1-3,5-6,12-13,18H,4,7-10H2. The van der Waals surface area contributed by atoms with Gasteiger partial charge in [-0.05, 0) is 37.8 Å². The van der Waals surface area contributed by atoms with Crippen LogP contribution in [0, 0.1) is 5.92 Å². The van der Waals surface area contributed by atoms with Crippen LogP contribution in [0.1, 0.15) is 24.8 Å². The predicted molar refractivity (Wildman–Crippen MR) is 65.3 cm³/mol. The molecule has 1 nitrogen and oxygen atoms in total. The van der Waals surface area contributed by atoms with E-state index < -0.39 is 18.1 Å². The van der Waals surface area contributed by atoms with Gasteiger partial charge >= 0.3 is 6.18 Å². The Kier molecular flexibility index (Phi) is 4.27. The van der Waals surface area contributed by atoms with Gasteiger partial charge in [-0.15, -0.1) is 0 Å². The first-order chi connectivity index (χ1) is 8.57. The molecule has 1 aliphatic heterocycles. The Morgan fingerprint density at radius 3 is 2.56 bits per heavy atom. The van der Waals surface area contributed by atoms with Crippen LogP contribution in [0.2, 0.25) is 0 Å². The van der Waals surface area contributed by atoms with E-state index >= 15 is 0 Å². The third kappa shape index (κ3) is 3.48. The fraction of sp³-hybridized carbons (Fsp3) is 0.571. The van der Waals surface area contributed by atoms with E-state index in [1.807, 2.05) is 30.3 Å². The van der Waals surface area contributed by atoms with Gasteiger partial charge in [-0.3, -0.25) is 0 Å². The summed E-state index contributed by atoms with van der Waals surface area (Å²) in [6, 6.07) is 9.26. The molecular weight excluding hydrogens is 239 g/mol. The van der Waals surface area contributed by atoms with E-state index in [4.69, 9.17) is 0 Å². The number of rotatable bonds is 3. The second-order valence-corrected chi connectivity index (χ2v) is 4.88. The maximum atomic E-state index is 12.9. The lowest BCUT2D eigenvalue weighted by Crippen LogP contribution is -2.47. The molecule has 100 valence electrons. The number of benzene rings is 1. The molecule has 0 bridgehead atoms. The topological polar surface area (TPSA) is 12.0 Å². The van der Waals surface area contributed by atoms with Gasteiger partial charge in [0.05, 0.1) is 5.92 Å². The normalized spacial score (nSPS) is 25.1. The maximum Gasteiger partial charge on any atom is 0.393 e. The van der Waals surface area contributed by atoms with E-state index in [0.717, 1.165) is 5.56 Å². The molecule has 1 aliphatic rings. The first-order valence-electron chi connectivity index (χ1n) is 6.41. The van der Waals surface area contributed by atoms with Crippen LogP contribution in [-0.2, 0) is 6.42 Å². The van der Waals surface area contributed by atoms with Gasteiger partial charge in [-0.2, -0.15) is 13.2 Å². The van der Waals surface area contributed by atoms with E-state index in [1.54, 1.807) is 0 Å². The smallest absolute Gasteiger partial charge is 0.313 e. The largest absolute Gasteiger partial charge is 0.393 e. The molecule has 2 atom stereocenters. The summed E-state index contributed by atoms with van der Waals surface area (Å²) in [5.74, 6) is -1.19. The van der Waals surface area contributed by atoms with Crippen molar-refractivity contribution in [3.63, 3.8) is 0 Å². The zero-order valence-corrected chi connectivity index (χ0v) is 10.2. The van der Waals surface area contributed by atoms with Gasteiger partial charge in [0.2, 0.25) is 0 Å². The quantitative estimate of drug-likeness (QED) is 0.873. The first-order valence-corrected chi connectivity index (χ1v) is 6.41. The third-order valence-corrected chi connectivity index (χ3v) is 3.59. The molecule has 18 heavy (non-hydrogen) atoms. The number of hydrogen-bond donors (Lipinski definition) is 1. The summed E-state index contributed by atoms with van der Waals surface area (Å²) in [7, 11) is 0. The maximum absolute atomic E-state index is 12.9. The second-order valence-electron chi connectivity index (χ2n) is 4.88. The predicted octanol–water partition coefficient (Wildman–Crippen LogP) is 3.55. The lowest BCUT2D eigenvalue weighted by molar-refractivity contribution is -0.188. The fourth-order valence-electron chi connectivity index (χ4n) is 2.61. The molecule has 0 amide bonds. The molecule has 0 aliphatic carbocycles. The van der Waals surface area contributed by atoms with Gasteiger partial charge in [0.15, 0.2) is 0 Å². The number of piperidine rings is 1. The lowest BCUT2D eigenvalue weighted by atomic mass is 9.86. The summed E-state index contributed by atoms with van der Waals surface area (Å²) in [4.78, 5) is 0. The Balaban J connectivity index is 1.94. The molecule has 0 aromatic heterocycles. The van der Waals surface area contributed by atoms with Gasteiger partial charge in [-0.25, -0.2) is 0 Å². The Hall–Kier alpha value is -1.03. The SMILES string of the molecule is FC(F)(F)C1CCCNC1CCc1ccccc1. The zero-order chi connectivity index (χ0) is 13.0. The highest BCUT2D eigenvalue weighted by Gasteiger charge is 2.45. The van der Waals surface area contributed by atoms with Crippen LogP contribution < -0.4 is 5.32 Å². The Labute approximate surface area is 105 Å². The molecule has 0 saturated carbocycles. The Morgan fingerprint density at radius 1 is 1.17 bits per heavy atom. The van der Waals surface area contributed by atoms with Crippen LogP contribution in [0.25, 0.3) is 0 Å². The molecule has 1 heterocycles. The van der Waals surface area contributed by atoms with Crippen LogP contribution in [0.3, 0.4) is 0 Å². The minimum absolute atomic E-state index is 0.260. The van der Waals surface area contributed by atoms with Crippen LogP contribution in [0.4, 0.5) is 13.2 Å². The molecule has 1 N–H and O–H groups in total. The van der Waals surface area contributed by atoms with Crippen molar-refractivity contribution in [3.05, 3.63) is 35.9 Å². The molecule has 1 saturated heterocycles. The molecule has 0 spiro atoms. The number of halogens is 3. The van der Waals surface area contributed by atoms with Crippen molar-refractivity contribution >= 4 is 0 Å². The summed E-state index contributed by atoms with van der Waals surface area (Å²) in [5.41, 5.74) is 1.10. The lowest BCUT2D eigenvalue weighted by Gasteiger charge is -2.34. The molecule has 4 heteroatoms. The van der Waals surface area contributed by atoms with E-state index in [9.17, 15) is 13.2 Å². The number of nitrogens with one attached hydrogen (secondary N) is 1. The molecule has 0 radical (unpaired) electrons. The summed E-state index contributed by atoms with van der Waals surface area (Å²) in [6.45, 7) is 0.700. The van der Waals surface area contributed by atoms with E-state index in [2.05, 4.69) is 5.32 Å². The molecule has 2 rings (SSSR count). The third-order valence-electron chi connectivity index (χ3n) is 3.59. The molecule has 1 fully saturated rings. The minimum Gasteiger partial charge on any atom is -0.313 e. The monoisotopic (exact) mass is 257 g/mol. The average Bonchev–Trinajstić information content (AvgIpc) is 2.37. The number of aryl methyl sites for hydroxylation is 1. The summed E-state index contributed by atoms with van der Waals surface area (Å²) in [5, 5.41) is 3.03. The van der Waals surface area contributed by atoms with Gasteiger partial charge in [0.1, 0.15) is 0 Å². The van der Waals surface area contributed by atoms with Crippen molar-refractivity contribution in [3.8, 4) is 0 Å². The van der Waals surface area contributed by atoms with Crippen LogP contribution in [0.5, 0.6) is 0 Å². The van der Waals surface area contributed by atoms with Gasteiger partial charge in [0, 0.05) is 6.04 Å². The molecule has 1 aromatic carbocycles. The second kappa shape index (κ2) is 5.74. The van der Waals surface area contributed by atoms with Gasteiger partial charge < -0.3 is 5.32 Å². The van der Waals surface area contributed by atoms with Crippen molar-refractivity contribution in [1.82, 2.24) is 5.32 Å². The summed E-state index contributed by atoms with van der Waals surface area (Å²) in [6.07, 6.45) is -1.95. The van der Waals surface area contributed by atoms with Crippen molar-refractivity contribution in [2.45, 2.75) is 37.9 Å². The Morgan fingerprint density at radius 2 is 1.89 bits per heavy atom. The number of alkyl halides is 3. The average molecular weight is 257 g/mol. The van der Waals surface area contributed by atoms with E-state index in [1.165, 1.54) is 0 Å². The minimum atomic E-state index is -4.07. The van der Waals surface area contributed by atoms with Gasteiger partial charge in [0.25, 0.3) is 0 Å². The van der Waals surface area contributed by atoms with Crippen LogP contribution in [-0.4, -0.2) is 18.8 Å². The van der Waals surface area contributed by atoms with Crippen molar-refractivity contribution < 1.29 is 13.2 Å². The van der Waals surface area contributed by atoms with Crippen molar-refractivity contribution in [2.24, 2.45) is 5.92 Å². The van der Waals surface area contributed by atoms with Crippen LogP contribution >= 0.6 is 0 Å². The summed E-state index contributed by atoms with van der Waals surface area (Å²) < 4.78 is 38.6. The molecular formula is C14H18F3N. The highest BCUT2D eigenvalue weighted by atomic mass is 19.4. The van der Waals surface area contributed by atoms with E-state index in [-0.39, 0.29) is 6.42 Å².